The van der Waals surface area contributed by atoms with E-state index in [9.17, 15) is 18.0 Å². The molecule has 1 saturated heterocycles. The number of rotatable bonds is 4. The molecule has 1 fully saturated rings. The lowest BCUT2D eigenvalue weighted by molar-refractivity contribution is -0.186. The maximum atomic E-state index is 12.6. The first-order valence-electron chi connectivity index (χ1n) is 9.84. The van der Waals surface area contributed by atoms with Gasteiger partial charge in [0.15, 0.2) is 0 Å². The fourth-order valence-electron chi connectivity index (χ4n) is 3.73. The van der Waals surface area contributed by atoms with Gasteiger partial charge in [0.2, 0.25) is 5.95 Å². The van der Waals surface area contributed by atoms with Crippen LogP contribution in [-0.4, -0.2) is 46.6 Å². The number of fused-ring (bicyclic) bond motifs is 1. The van der Waals surface area contributed by atoms with Gasteiger partial charge < -0.3 is 10.2 Å². The SMILES string of the molecule is O=C(N1CCC(CNc2nc(-c3ccccc3)c3ccccc3n2)CC1)C(F)(F)F. The number of hydrogen-bond donors (Lipinski definition) is 1. The lowest BCUT2D eigenvalue weighted by Gasteiger charge is -2.32. The number of piperidine rings is 1. The van der Waals surface area contributed by atoms with Crippen LogP contribution in [-0.2, 0) is 4.79 Å². The van der Waals surface area contributed by atoms with Crippen LogP contribution in [0.25, 0.3) is 22.2 Å². The Morgan fingerprint density at radius 3 is 2.37 bits per heavy atom. The molecule has 1 aliphatic rings. The van der Waals surface area contributed by atoms with Crippen LogP contribution in [0.1, 0.15) is 12.8 Å². The largest absolute Gasteiger partial charge is 0.471 e. The quantitative estimate of drug-likeness (QED) is 0.683. The molecule has 0 bridgehead atoms. The molecule has 156 valence electrons. The van der Waals surface area contributed by atoms with Gasteiger partial charge >= 0.3 is 12.1 Å². The van der Waals surface area contributed by atoms with Gasteiger partial charge in [-0.25, -0.2) is 9.97 Å². The molecular formula is C22H21F3N4O. The fraction of sp³-hybridized carbons (Fsp3) is 0.318. The Balaban J connectivity index is 1.46. The van der Waals surface area contributed by atoms with E-state index >= 15 is 0 Å². The first-order chi connectivity index (χ1) is 14.4. The van der Waals surface area contributed by atoms with Crippen LogP contribution in [0.3, 0.4) is 0 Å². The van der Waals surface area contributed by atoms with Crippen LogP contribution < -0.4 is 5.32 Å². The first kappa shape index (κ1) is 20.1. The second-order valence-corrected chi connectivity index (χ2v) is 7.39. The Labute approximate surface area is 171 Å². The minimum atomic E-state index is -4.81. The normalized spacial score (nSPS) is 15.4. The van der Waals surface area contributed by atoms with Crippen molar-refractivity contribution in [3.05, 3.63) is 54.6 Å². The summed E-state index contributed by atoms with van der Waals surface area (Å²) in [6.07, 6.45) is -3.79. The highest BCUT2D eigenvalue weighted by Gasteiger charge is 2.43. The Morgan fingerprint density at radius 2 is 1.67 bits per heavy atom. The molecule has 4 rings (SSSR count). The Bertz CT molecular complexity index is 1030. The van der Waals surface area contributed by atoms with Crippen molar-refractivity contribution in [1.29, 1.82) is 0 Å². The van der Waals surface area contributed by atoms with Gasteiger partial charge in [-0.3, -0.25) is 4.79 Å². The Morgan fingerprint density at radius 1 is 1.00 bits per heavy atom. The lowest BCUT2D eigenvalue weighted by atomic mass is 9.97. The zero-order valence-electron chi connectivity index (χ0n) is 16.2. The van der Waals surface area contributed by atoms with E-state index < -0.39 is 12.1 Å². The van der Waals surface area contributed by atoms with E-state index in [1.807, 2.05) is 54.6 Å². The summed E-state index contributed by atoms with van der Waals surface area (Å²) in [6.45, 7) is 0.762. The van der Waals surface area contributed by atoms with Gasteiger partial charge in [0, 0.05) is 30.6 Å². The van der Waals surface area contributed by atoms with Crippen molar-refractivity contribution in [2.45, 2.75) is 19.0 Å². The van der Waals surface area contributed by atoms with Crippen LogP contribution in [0.2, 0.25) is 0 Å². The van der Waals surface area contributed by atoms with Crippen LogP contribution in [0, 0.1) is 5.92 Å². The lowest BCUT2D eigenvalue weighted by Crippen LogP contribution is -2.46. The molecule has 2 heterocycles. The number of halogens is 3. The topological polar surface area (TPSA) is 58.1 Å². The predicted molar refractivity (Wildman–Crippen MR) is 109 cm³/mol. The third-order valence-corrected chi connectivity index (χ3v) is 5.34. The molecule has 0 unspecified atom stereocenters. The summed E-state index contributed by atoms with van der Waals surface area (Å²) in [5.41, 5.74) is 2.63. The molecular weight excluding hydrogens is 393 g/mol. The van der Waals surface area contributed by atoms with E-state index in [2.05, 4.69) is 10.3 Å². The van der Waals surface area contributed by atoms with Gasteiger partial charge in [0.25, 0.3) is 0 Å². The maximum absolute atomic E-state index is 12.6. The molecule has 0 aliphatic carbocycles. The highest BCUT2D eigenvalue weighted by molar-refractivity contribution is 5.93. The summed E-state index contributed by atoms with van der Waals surface area (Å²) in [6, 6.07) is 17.6. The van der Waals surface area contributed by atoms with Gasteiger partial charge in [-0.2, -0.15) is 13.2 Å². The molecule has 1 aliphatic heterocycles. The standard InChI is InChI=1S/C22H21F3N4O/c23-22(24,25)20(30)29-12-10-15(11-13-29)14-26-21-27-18-9-5-4-8-17(18)19(28-21)16-6-2-1-3-7-16/h1-9,15H,10-14H2,(H,26,27,28). The molecule has 2 aromatic carbocycles. The van der Waals surface area contributed by atoms with Crippen LogP contribution in [0.15, 0.2) is 54.6 Å². The number of nitrogens with one attached hydrogen (secondary N) is 1. The zero-order valence-corrected chi connectivity index (χ0v) is 16.2. The summed E-state index contributed by atoms with van der Waals surface area (Å²) in [4.78, 5) is 21.5. The number of nitrogens with zero attached hydrogens (tertiary/aromatic N) is 3. The fourth-order valence-corrected chi connectivity index (χ4v) is 3.73. The number of carbonyl (C=O) groups is 1. The third-order valence-electron chi connectivity index (χ3n) is 5.34. The molecule has 0 atom stereocenters. The average molecular weight is 414 g/mol. The molecule has 0 saturated carbocycles. The molecule has 8 heteroatoms. The molecule has 1 amide bonds. The van der Waals surface area contributed by atoms with Gasteiger partial charge in [-0.15, -0.1) is 0 Å². The smallest absolute Gasteiger partial charge is 0.354 e. The van der Waals surface area contributed by atoms with E-state index in [4.69, 9.17) is 4.98 Å². The van der Waals surface area contributed by atoms with Gasteiger partial charge in [0.05, 0.1) is 11.2 Å². The van der Waals surface area contributed by atoms with Crippen molar-refractivity contribution >= 4 is 22.8 Å². The van der Waals surface area contributed by atoms with E-state index in [-0.39, 0.29) is 19.0 Å². The number of carbonyl (C=O) groups excluding carboxylic acids is 1. The Kier molecular flexibility index (Phi) is 5.57. The number of para-hydroxylation sites is 1. The van der Waals surface area contributed by atoms with Crippen molar-refractivity contribution in [3.8, 4) is 11.3 Å². The molecule has 0 radical (unpaired) electrons. The number of aromatic nitrogens is 2. The summed E-state index contributed by atoms with van der Waals surface area (Å²) in [7, 11) is 0. The second-order valence-electron chi connectivity index (χ2n) is 7.39. The number of alkyl halides is 3. The van der Waals surface area contributed by atoms with E-state index in [0.29, 0.717) is 25.3 Å². The summed E-state index contributed by atoms with van der Waals surface area (Å²) < 4.78 is 37.8. The van der Waals surface area contributed by atoms with E-state index in [1.54, 1.807) is 0 Å². The first-order valence-corrected chi connectivity index (χ1v) is 9.84. The van der Waals surface area contributed by atoms with E-state index in [1.165, 1.54) is 0 Å². The summed E-state index contributed by atoms with van der Waals surface area (Å²) >= 11 is 0. The van der Waals surface area contributed by atoms with Crippen molar-refractivity contribution < 1.29 is 18.0 Å². The van der Waals surface area contributed by atoms with Crippen LogP contribution >= 0.6 is 0 Å². The number of amides is 1. The minimum Gasteiger partial charge on any atom is -0.354 e. The Hall–Kier alpha value is -3.16. The molecule has 1 N–H and O–H groups in total. The number of likely N-dealkylation sites (tertiary alicyclic amines) is 1. The highest BCUT2D eigenvalue weighted by Crippen LogP contribution is 2.28. The summed E-state index contributed by atoms with van der Waals surface area (Å²) in [5, 5.41) is 4.20. The van der Waals surface area contributed by atoms with Crippen molar-refractivity contribution in [3.63, 3.8) is 0 Å². The molecule has 0 spiro atoms. The number of anilines is 1. The molecule has 1 aromatic heterocycles. The minimum absolute atomic E-state index is 0.110. The highest BCUT2D eigenvalue weighted by atomic mass is 19.4. The van der Waals surface area contributed by atoms with Gasteiger partial charge in [0.1, 0.15) is 0 Å². The second kappa shape index (κ2) is 8.30. The molecule has 3 aromatic rings. The predicted octanol–water partition coefficient (Wildman–Crippen LogP) is 4.51. The van der Waals surface area contributed by atoms with Gasteiger partial charge in [-0.05, 0) is 24.8 Å². The monoisotopic (exact) mass is 414 g/mol. The molecule has 30 heavy (non-hydrogen) atoms. The van der Waals surface area contributed by atoms with Crippen LogP contribution in [0.4, 0.5) is 19.1 Å². The summed E-state index contributed by atoms with van der Waals surface area (Å²) in [5.74, 6) is -1.11. The van der Waals surface area contributed by atoms with Gasteiger partial charge in [-0.1, -0.05) is 48.5 Å². The average Bonchev–Trinajstić information content (AvgIpc) is 2.77. The third kappa shape index (κ3) is 4.37. The molecule has 5 nitrogen and oxygen atoms in total. The van der Waals surface area contributed by atoms with E-state index in [0.717, 1.165) is 27.1 Å². The van der Waals surface area contributed by atoms with Crippen molar-refractivity contribution in [2.75, 3.05) is 25.0 Å². The zero-order chi connectivity index (χ0) is 21.1. The van der Waals surface area contributed by atoms with Crippen LogP contribution in [0.5, 0.6) is 0 Å². The van der Waals surface area contributed by atoms with Crippen molar-refractivity contribution in [2.24, 2.45) is 5.92 Å². The maximum Gasteiger partial charge on any atom is 0.471 e. The number of benzene rings is 2. The van der Waals surface area contributed by atoms with Crippen molar-refractivity contribution in [1.82, 2.24) is 14.9 Å². The number of hydrogen-bond acceptors (Lipinski definition) is 4.